The Labute approximate surface area is 121 Å². The molecule has 0 bridgehead atoms. The summed E-state index contributed by atoms with van der Waals surface area (Å²) in [5.74, 6) is 0. The molecule has 0 aromatic carbocycles. The number of carbonyl (C=O) groups excluding carboxylic acids is 1. The molecule has 1 aromatic heterocycles. The summed E-state index contributed by atoms with van der Waals surface area (Å²) in [6, 6.07) is 0. The first-order valence-corrected chi connectivity index (χ1v) is 7.10. The van der Waals surface area contributed by atoms with Crippen molar-refractivity contribution in [3.05, 3.63) is 15.9 Å². The SMILES string of the molecule is CC(C)(C)OC(=O)N1Cc2c(Br)n[nH]c2C(C)(C)C1. The van der Waals surface area contributed by atoms with Gasteiger partial charge >= 0.3 is 6.09 Å². The Kier molecular flexibility index (Phi) is 3.41. The summed E-state index contributed by atoms with van der Waals surface area (Å²) in [5.41, 5.74) is 1.47. The summed E-state index contributed by atoms with van der Waals surface area (Å²) in [4.78, 5) is 13.9. The van der Waals surface area contributed by atoms with Crippen LogP contribution in [0.4, 0.5) is 4.79 Å². The Hall–Kier alpha value is -1.04. The zero-order valence-corrected chi connectivity index (χ0v) is 13.6. The molecule has 1 aliphatic heterocycles. The molecule has 0 saturated heterocycles. The molecule has 0 radical (unpaired) electrons. The van der Waals surface area contributed by atoms with Gasteiger partial charge in [-0.05, 0) is 36.7 Å². The van der Waals surface area contributed by atoms with E-state index in [4.69, 9.17) is 4.74 Å². The van der Waals surface area contributed by atoms with Gasteiger partial charge in [0.2, 0.25) is 0 Å². The number of H-pyrrole nitrogens is 1. The van der Waals surface area contributed by atoms with E-state index >= 15 is 0 Å². The van der Waals surface area contributed by atoms with Crippen LogP contribution in [0.1, 0.15) is 45.9 Å². The van der Waals surface area contributed by atoms with Crippen LogP contribution in [-0.4, -0.2) is 33.3 Å². The number of carbonyl (C=O) groups is 1. The standard InChI is InChI=1S/C13H20BrN3O2/c1-12(2,3)19-11(18)17-6-8-9(13(4,5)7-17)15-16-10(8)14/h6-7H2,1-5H3,(H,15,16). The maximum Gasteiger partial charge on any atom is 0.410 e. The maximum absolute atomic E-state index is 12.2. The van der Waals surface area contributed by atoms with Crippen LogP contribution in [0.2, 0.25) is 0 Å². The molecule has 1 N–H and O–H groups in total. The summed E-state index contributed by atoms with van der Waals surface area (Å²) in [5, 5.41) is 7.22. The van der Waals surface area contributed by atoms with Gasteiger partial charge in [0.15, 0.2) is 0 Å². The number of hydrogen-bond acceptors (Lipinski definition) is 3. The average molecular weight is 330 g/mol. The monoisotopic (exact) mass is 329 g/mol. The van der Waals surface area contributed by atoms with Crippen molar-refractivity contribution in [2.45, 2.75) is 52.2 Å². The topological polar surface area (TPSA) is 58.2 Å². The predicted octanol–water partition coefficient (Wildman–Crippen LogP) is 3.20. The summed E-state index contributed by atoms with van der Waals surface area (Å²) >= 11 is 3.42. The van der Waals surface area contributed by atoms with E-state index in [9.17, 15) is 4.79 Å². The second kappa shape index (κ2) is 4.51. The minimum atomic E-state index is -0.477. The van der Waals surface area contributed by atoms with Gasteiger partial charge in [-0.15, -0.1) is 0 Å². The van der Waals surface area contributed by atoms with Crippen molar-refractivity contribution in [3.8, 4) is 0 Å². The van der Waals surface area contributed by atoms with Crippen LogP contribution < -0.4 is 0 Å². The van der Waals surface area contributed by atoms with E-state index < -0.39 is 5.60 Å². The van der Waals surface area contributed by atoms with E-state index in [1.807, 2.05) is 20.8 Å². The Morgan fingerprint density at radius 2 is 2.11 bits per heavy atom. The quantitative estimate of drug-likeness (QED) is 0.795. The van der Waals surface area contributed by atoms with Crippen LogP contribution in [0.5, 0.6) is 0 Å². The summed E-state index contributed by atoms with van der Waals surface area (Å²) in [6.07, 6.45) is -0.278. The first-order chi connectivity index (χ1) is 8.60. The number of fused-ring (bicyclic) bond motifs is 1. The number of ether oxygens (including phenoxy) is 1. The van der Waals surface area contributed by atoms with Crippen LogP contribution in [0, 0.1) is 0 Å². The predicted molar refractivity (Wildman–Crippen MR) is 76.0 cm³/mol. The van der Waals surface area contributed by atoms with Crippen molar-refractivity contribution < 1.29 is 9.53 Å². The fourth-order valence-electron chi connectivity index (χ4n) is 2.31. The minimum absolute atomic E-state index is 0.163. The van der Waals surface area contributed by atoms with Crippen molar-refractivity contribution in [1.29, 1.82) is 0 Å². The number of amides is 1. The third kappa shape index (κ3) is 2.94. The lowest BCUT2D eigenvalue weighted by molar-refractivity contribution is 0.0172. The molecule has 0 spiro atoms. The molecule has 19 heavy (non-hydrogen) atoms. The lowest BCUT2D eigenvalue weighted by Gasteiger charge is -2.38. The third-order valence-corrected chi connectivity index (χ3v) is 3.74. The van der Waals surface area contributed by atoms with E-state index in [-0.39, 0.29) is 11.5 Å². The molecule has 6 heteroatoms. The molecule has 106 valence electrons. The van der Waals surface area contributed by atoms with Gasteiger partial charge in [0.05, 0.1) is 6.54 Å². The van der Waals surface area contributed by atoms with Gasteiger partial charge < -0.3 is 9.64 Å². The molecular formula is C13H20BrN3O2. The first-order valence-electron chi connectivity index (χ1n) is 6.31. The van der Waals surface area contributed by atoms with E-state index in [1.54, 1.807) is 4.90 Å². The highest BCUT2D eigenvalue weighted by Crippen LogP contribution is 2.35. The normalized spacial score (nSPS) is 18.1. The Balaban J connectivity index is 2.24. The minimum Gasteiger partial charge on any atom is -0.444 e. The van der Waals surface area contributed by atoms with Crippen LogP contribution in [0.25, 0.3) is 0 Å². The van der Waals surface area contributed by atoms with Crippen molar-refractivity contribution in [2.75, 3.05) is 6.54 Å². The average Bonchev–Trinajstić information content (AvgIpc) is 2.58. The number of aromatic amines is 1. The first kappa shape index (κ1) is 14.4. The van der Waals surface area contributed by atoms with Crippen LogP contribution in [0.15, 0.2) is 4.60 Å². The fraction of sp³-hybridized carbons (Fsp3) is 0.692. The molecule has 0 unspecified atom stereocenters. The summed E-state index contributed by atoms with van der Waals surface area (Å²) in [6.45, 7) is 10.9. The smallest absolute Gasteiger partial charge is 0.410 e. The highest BCUT2D eigenvalue weighted by atomic mass is 79.9. The van der Waals surface area contributed by atoms with E-state index in [2.05, 4.69) is 40.0 Å². The molecule has 2 rings (SSSR count). The molecule has 1 aliphatic rings. The number of nitrogens with zero attached hydrogens (tertiary/aromatic N) is 2. The maximum atomic E-state index is 12.2. The van der Waals surface area contributed by atoms with Gasteiger partial charge in [-0.2, -0.15) is 5.10 Å². The van der Waals surface area contributed by atoms with Crippen molar-refractivity contribution in [1.82, 2.24) is 15.1 Å². The zero-order valence-electron chi connectivity index (χ0n) is 12.0. The van der Waals surface area contributed by atoms with E-state index in [0.717, 1.165) is 15.9 Å². The van der Waals surface area contributed by atoms with Gasteiger partial charge in [-0.25, -0.2) is 4.79 Å². The molecule has 0 saturated carbocycles. The highest BCUT2D eigenvalue weighted by Gasteiger charge is 2.38. The number of nitrogens with one attached hydrogen (secondary N) is 1. The molecular weight excluding hydrogens is 310 g/mol. The molecule has 2 heterocycles. The Morgan fingerprint density at radius 1 is 1.47 bits per heavy atom. The van der Waals surface area contributed by atoms with E-state index in [1.165, 1.54) is 0 Å². The largest absolute Gasteiger partial charge is 0.444 e. The molecule has 1 amide bonds. The van der Waals surface area contributed by atoms with E-state index in [0.29, 0.717) is 13.1 Å². The highest BCUT2D eigenvalue weighted by molar-refractivity contribution is 9.10. The Bertz CT molecular complexity index is 502. The third-order valence-electron chi connectivity index (χ3n) is 3.08. The fourth-order valence-corrected chi connectivity index (χ4v) is 2.72. The molecule has 1 aromatic rings. The van der Waals surface area contributed by atoms with Crippen LogP contribution in [-0.2, 0) is 16.7 Å². The van der Waals surface area contributed by atoms with Gasteiger partial charge in [-0.3, -0.25) is 5.10 Å². The zero-order chi connectivity index (χ0) is 14.4. The van der Waals surface area contributed by atoms with Crippen LogP contribution >= 0.6 is 15.9 Å². The van der Waals surface area contributed by atoms with Crippen molar-refractivity contribution in [2.24, 2.45) is 0 Å². The molecule has 0 aliphatic carbocycles. The van der Waals surface area contributed by atoms with Crippen molar-refractivity contribution in [3.63, 3.8) is 0 Å². The molecule has 0 fully saturated rings. The molecule has 0 atom stereocenters. The summed E-state index contributed by atoms with van der Waals surface area (Å²) < 4.78 is 6.21. The second-order valence-corrected chi connectivity index (χ2v) is 7.34. The lowest BCUT2D eigenvalue weighted by Crippen LogP contribution is -2.46. The summed E-state index contributed by atoms with van der Waals surface area (Å²) in [7, 11) is 0. The van der Waals surface area contributed by atoms with Gasteiger partial charge in [0, 0.05) is 23.2 Å². The number of rotatable bonds is 0. The second-order valence-electron chi connectivity index (χ2n) is 6.59. The van der Waals surface area contributed by atoms with Gasteiger partial charge in [0.1, 0.15) is 10.2 Å². The van der Waals surface area contributed by atoms with Gasteiger partial charge in [0.25, 0.3) is 0 Å². The van der Waals surface area contributed by atoms with Crippen molar-refractivity contribution >= 4 is 22.0 Å². The lowest BCUT2D eigenvalue weighted by atomic mass is 9.83. The Morgan fingerprint density at radius 3 is 2.68 bits per heavy atom. The number of halogens is 1. The number of aromatic nitrogens is 2. The number of hydrogen-bond donors (Lipinski definition) is 1. The van der Waals surface area contributed by atoms with Gasteiger partial charge in [-0.1, -0.05) is 13.8 Å². The molecule has 5 nitrogen and oxygen atoms in total. The van der Waals surface area contributed by atoms with Crippen LogP contribution in [0.3, 0.4) is 0 Å².